The van der Waals surface area contributed by atoms with Crippen molar-refractivity contribution in [1.82, 2.24) is 10.6 Å². The zero-order chi connectivity index (χ0) is 9.97. The van der Waals surface area contributed by atoms with Crippen LogP contribution in [-0.2, 0) is 0 Å². The van der Waals surface area contributed by atoms with E-state index >= 15 is 0 Å². The molecule has 76 valence electrons. The van der Waals surface area contributed by atoms with Crippen molar-refractivity contribution < 1.29 is 0 Å². The Bertz CT molecular complexity index is 319. The quantitative estimate of drug-likeness (QED) is 0.802. The molecule has 3 heteroatoms. The molecule has 0 aliphatic carbocycles. The molecule has 1 aliphatic heterocycles. The van der Waals surface area contributed by atoms with Crippen LogP contribution in [0, 0.1) is 6.92 Å². The van der Waals surface area contributed by atoms with Crippen LogP contribution in [0.5, 0.6) is 0 Å². The van der Waals surface area contributed by atoms with Gasteiger partial charge in [-0.2, -0.15) is 0 Å². The Morgan fingerprint density at radius 2 is 2.21 bits per heavy atom. The monoisotopic (exact) mass is 254 g/mol. The highest BCUT2D eigenvalue weighted by molar-refractivity contribution is 9.10. The van der Waals surface area contributed by atoms with E-state index in [0.717, 1.165) is 19.6 Å². The average molecular weight is 255 g/mol. The van der Waals surface area contributed by atoms with Crippen molar-refractivity contribution in [3.05, 3.63) is 33.8 Å². The lowest BCUT2D eigenvalue weighted by atomic mass is 10.0. The van der Waals surface area contributed by atoms with Gasteiger partial charge in [-0.15, -0.1) is 0 Å². The predicted molar refractivity (Wildman–Crippen MR) is 62.5 cm³/mol. The smallest absolute Gasteiger partial charge is 0.0458 e. The van der Waals surface area contributed by atoms with Crippen LogP contribution in [0.25, 0.3) is 0 Å². The lowest BCUT2D eigenvalue weighted by Crippen LogP contribution is -2.42. The minimum Gasteiger partial charge on any atom is -0.314 e. The fraction of sp³-hybridized carbons (Fsp3) is 0.455. The average Bonchev–Trinajstić information content (AvgIpc) is 2.19. The maximum Gasteiger partial charge on any atom is 0.0458 e. The van der Waals surface area contributed by atoms with Crippen molar-refractivity contribution in [2.45, 2.75) is 13.0 Å². The van der Waals surface area contributed by atoms with Crippen molar-refractivity contribution in [3.8, 4) is 0 Å². The molecular weight excluding hydrogens is 240 g/mol. The first-order valence-electron chi connectivity index (χ1n) is 4.97. The molecule has 1 fully saturated rings. The Hall–Kier alpha value is -0.380. The third-order valence-electron chi connectivity index (χ3n) is 2.57. The van der Waals surface area contributed by atoms with Crippen LogP contribution in [0.3, 0.4) is 0 Å². The number of benzene rings is 1. The molecule has 1 aromatic carbocycles. The predicted octanol–water partition coefficient (Wildman–Crippen LogP) is 1.99. The third kappa shape index (κ3) is 2.16. The van der Waals surface area contributed by atoms with Crippen molar-refractivity contribution >= 4 is 15.9 Å². The van der Waals surface area contributed by atoms with Gasteiger partial charge in [-0.05, 0) is 24.1 Å². The summed E-state index contributed by atoms with van der Waals surface area (Å²) in [5.41, 5.74) is 2.65. The van der Waals surface area contributed by atoms with Crippen LogP contribution in [0.1, 0.15) is 17.2 Å². The molecule has 0 saturated carbocycles. The lowest BCUT2D eigenvalue weighted by molar-refractivity contribution is 0.429. The fourth-order valence-electron chi connectivity index (χ4n) is 1.79. The molecule has 0 radical (unpaired) electrons. The van der Waals surface area contributed by atoms with Gasteiger partial charge in [0.2, 0.25) is 0 Å². The van der Waals surface area contributed by atoms with Gasteiger partial charge in [0.1, 0.15) is 0 Å². The molecule has 0 bridgehead atoms. The summed E-state index contributed by atoms with van der Waals surface area (Å²) in [5, 5.41) is 6.89. The molecule has 14 heavy (non-hydrogen) atoms. The Morgan fingerprint density at radius 1 is 1.36 bits per heavy atom. The number of nitrogens with one attached hydrogen (secondary N) is 2. The van der Waals surface area contributed by atoms with E-state index < -0.39 is 0 Å². The summed E-state index contributed by atoms with van der Waals surface area (Å²) < 4.78 is 1.21. The Balaban J connectivity index is 2.22. The zero-order valence-corrected chi connectivity index (χ0v) is 9.89. The van der Waals surface area contributed by atoms with E-state index in [1.165, 1.54) is 15.6 Å². The van der Waals surface area contributed by atoms with Gasteiger partial charge < -0.3 is 10.6 Å². The van der Waals surface area contributed by atoms with Gasteiger partial charge in [0, 0.05) is 30.1 Å². The minimum absolute atomic E-state index is 0.443. The molecule has 2 rings (SSSR count). The first kappa shape index (κ1) is 10.1. The molecule has 1 aromatic rings. The molecule has 1 saturated heterocycles. The molecule has 0 spiro atoms. The number of hydrogen-bond donors (Lipinski definition) is 2. The highest BCUT2D eigenvalue weighted by Gasteiger charge is 2.16. The second kappa shape index (κ2) is 4.43. The van der Waals surface area contributed by atoms with Crippen LogP contribution in [0.15, 0.2) is 22.7 Å². The van der Waals surface area contributed by atoms with E-state index in [4.69, 9.17) is 0 Å². The van der Waals surface area contributed by atoms with Crippen LogP contribution in [0.2, 0.25) is 0 Å². The van der Waals surface area contributed by atoms with E-state index in [1.807, 2.05) is 0 Å². The maximum absolute atomic E-state index is 3.61. The van der Waals surface area contributed by atoms with E-state index in [9.17, 15) is 0 Å². The number of piperazine rings is 1. The Labute approximate surface area is 93.2 Å². The first-order chi connectivity index (χ1) is 6.77. The molecule has 2 N–H and O–H groups in total. The summed E-state index contributed by atoms with van der Waals surface area (Å²) in [4.78, 5) is 0. The summed E-state index contributed by atoms with van der Waals surface area (Å²) in [5.74, 6) is 0. The summed E-state index contributed by atoms with van der Waals surface area (Å²) in [6.07, 6.45) is 0. The highest BCUT2D eigenvalue weighted by atomic mass is 79.9. The zero-order valence-electron chi connectivity index (χ0n) is 8.31. The van der Waals surface area contributed by atoms with Crippen LogP contribution >= 0.6 is 15.9 Å². The topological polar surface area (TPSA) is 24.1 Å². The first-order valence-corrected chi connectivity index (χ1v) is 5.77. The number of halogens is 1. The Morgan fingerprint density at radius 3 is 2.86 bits per heavy atom. The molecule has 1 unspecified atom stereocenters. The molecule has 2 nitrogen and oxygen atoms in total. The molecule has 0 aromatic heterocycles. The second-order valence-corrected chi connectivity index (χ2v) is 4.59. The fourth-order valence-corrected chi connectivity index (χ4v) is 2.56. The van der Waals surface area contributed by atoms with Gasteiger partial charge in [-0.1, -0.05) is 28.1 Å². The van der Waals surface area contributed by atoms with Gasteiger partial charge in [0.25, 0.3) is 0 Å². The standard InChI is InChI=1S/C11H15BrN2/c1-8-2-3-9(10(12)6-8)11-7-13-4-5-14-11/h2-3,6,11,13-14H,4-5,7H2,1H3. The van der Waals surface area contributed by atoms with Crippen LogP contribution in [-0.4, -0.2) is 19.6 Å². The number of hydrogen-bond acceptors (Lipinski definition) is 2. The van der Waals surface area contributed by atoms with Crippen LogP contribution in [0.4, 0.5) is 0 Å². The Kier molecular flexibility index (Phi) is 3.21. The SMILES string of the molecule is Cc1ccc(C2CNCCN2)c(Br)c1. The molecule has 1 atom stereocenters. The molecule has 1 heterocycles. The van der Waals surface area contributed by atoms with Crippen molar-refractivity contribution in [3.63, 3.8) is 0 Å². The van der Waals surface area contributed by atoms with Gasteiger partial charge in [0.05, 0.1) is 0 Å². The summed E-state index contributed by atoms with van der Waals surface area (Å²) >= 11 is 3.61. The third-order valence-corrected chi connectivity index (χ3v) is 3.26. The van der Waals surface area contributed by atoms with Crippen molar-refractivity contribution in [2.75, 3.05) is 19.6 Å². The van der Waals surface area contributed by atoms with Crippen molar-refractivity contribution in [1.29, 1.82) is 0 Å². The molecular formula is C11H15BrN2. The maximum atomic E-state index is 3.61. The highest BCUT2D eigenvalue weighted by Crippen LogP contribution is 2.24. The van der Waals surface area contributed by atoms with E-state index in [0.29, 0.717) is 6.04 Å². The second-order valence-electron chi connectivity index (χ2n) is 3.74. The van der Waals surface area contributed by atoms with Gasteiger partial charge in [0.15, 0.2) is 0 Å². The lowest BCUT2D eigenvalue weighted by Gasteiger charge is -2.25. The number of rotatable bonds is 1. The molecule has 0 amide bonds. The largest absolute Gasteiger partial charge is 0.314 e. The van der Waals surface area contributed by atoms with Gasteiger partial charge >= 0.3 is 0 Å². The van der Waals surface area contributed by atoms with E-state index in [1.54, 1.807) is 0 Å². The summed E-state index contributed by atoms with van der Waals surface area (Å²) in [6, 6.07) is 6.98. The summed E-state index contributed by atoms with van der Waals surface area (Å²) in [7, 11) is 0. The van der Waals surface area contributed by atoms with E-state index in [2.05, 4.69) is 51.7 Å². The van der Waals surface area contributed by atoms with Crippen LogP contribution < -0.4 is 10.6 Å². The van der Waals surface area contributed by atoms with Gasteiger partial charge in [-0.25, -0.2) is 0 Å². The molecule has 1 aliphatic rings. The minimum atomic E-state index is 0.443. The summed E-state index contributed by atoms with van der Waals surface area (Å²) in [6.45, 7) is 5.24. The number of aryl methyl sites for hydroxylation is 1. The van der Waals surface area contributed by atoms with E-state index in [-0.39, 0.29) is 0 Å². The van der Waals surface area contributed by atoms with Gasteiger partial charge in [-0.3, -0.25) is 0 Å². The normalized spacial score (nSPS) is 22.3. The van der Waals surface area contributed by atoms with Crippen molar-refractivity contribution in [2.24, 2.45) is 0 Å².